The Morgan fingerprint density at radius 1 is 1.50 bits per heavy atom. The van der Waals surface area contributed by atoms with E-state index in [-0.39, 0.29) is 5.91 Å². The molecule has 1 aliphatic carbocycles. The molecule has 4 nitrogen and oxygen atoms in total. The Balaban J connectivity index is 1.92. The van der Waals surface area contributed by atoms with E-state index in [1.807, 2.05) is 22.8 Å². The van der Waals surface area contributed by atoms with Crippen molar-refractivity contribution < 1.29 is 4.79 Å². The number of carbonyl (C=O) groups is 1. The van der Waals surface area contributed by atoms with Gasteiger partial charge in [-0.25, -0.2) is 4.98 Å². The number of alkyl halides is 1. The van der Waals surface area contributed by atoms with Gasteiger partial charge >= 0.3 is 0 Å². The second-order valence-electron chi connectivity index (χ2n) is 5.03. The summed E-state index contributed by atoms with van der Waals surface area (Å²) in [6.45, 7) is 0.319. The maximum Gasteiger partial charge on any atom is 0.240 e. The van der Waals surface area contributed by atoms with Crippen LogP contribution >= 0.6 is 34.2 Å². The van der Waals surface area contributed by atoms with E-state index in [1.54, 1.807) is 0 Å². The molecule has 0 bridgehead atoms. The normalized spacial score (nSPS) is 14.7. The Bertz CT molecular complexity index is 651. The molecule has 1 aromatic carbocycles. The monoisotopic (exact) mass is 403 g/mol. The SMILES string of the molecule is O=C(Cn1c(CCCl)nc2cc(I)ccc21)NC1CC1. The summed E-state index contributed by atoms with van der Waals surface area (Å²) >= 11 is 8.11. The molecule has 20 heavy (non-hydrogen) atoms. The fourth-order valence-electron chi connectivity index (χ4n) is 2.25. The van der Waals surface area contributed by atoms with Crippen LogP contribution in [0, 0.1) is 3.57 Å². The van der Waals surface area contributed by atoms with Crippen molar-refractivity contribution in [2.75, 3.05) is 5.88 Å². The maximum absolute atomic E-state index is 12.0. The number of nitrogens with one attached hydrogen (secondary N) is 1. The zero-order valence-electron chi connectivity index (χ0n) is 10.9. The summed E-state index contributed by atoms with van der Waals surface area (Å²) in [5.74, 6) is 1.44. The van der Waals surface area contributed by atoms with Crippen molar-refractivity contribution in [2.45, 2.75) is 31.8 Å². The van der Waals surface area contributed by atoms with Crippen LogP contribution in [0.3, 0.4) is 0 Å². The number of nitrogens with zero attached hydrogens (tertiary/aromatic N) is 2. The fraction of sp³-hybridized carbons (Fsp3) is 0.429. The number of amides is 1. The summed E-state index contributed by atoms with van der Waals surface area (Å²) in [4.78, 5) is 16.6. The summed E-state index contributed by atoms with van der Waals surface area (Å²) in [6, 6.07) is 6.47. The highest BCUT2D eigenvalue weighted by molar-refractivity contribution is 14.1. The average Bonchev–Trinajstić information content (AvgIpc) is 3.14. The molecule has 6 heteroatoms. The predicted octanol–water partition coefficient (Wildman–Crippen LogP) is 2.70. The molecule has 3 rings (SSSR count). The fourth-order valence-corrected chi connectivity index (χ4v) is 2.89. The van der Waals surface area contributed by atoms with Gasteiger partial charge in [0.2, 0.25) is 5.91 Å². The summed E-state index contributed by atoms with van der Waals surface area (Å²) < 4.78 is 3.12. The second-order valence-corrected chi connectivity index (χ2v) is 6.65. The highest BCUT2D eigenvalue weighted by atomic mass is 127. The molecule has 1 aliphatic rings. The summed E-state index contributed by atoms with van der Waals surface area (Å²) in [6.07, 6.45) is 2.87. The van der Waals surface area contributed by atoms with Crippen LogP contribution in [0.4, 0.5) is 0 Å². The van der Waals surface area contributed by atoms with Gasteiger partial charge in [-0.15, -0.1) is 11.6 Å². The van der Waals surface area contributed by atoms with E-state index in [2.05, 4.69) is 32.9 Å². The molecule has 1 amide bonds. The number of hydrogen-bond acceptors (Lipinski definition) is 2. The van der Waals surface area contributed by atoms with Crippen LogP contribution < -0.4 is 5.32 Å². The van der Waals surface area contributed by atoms with Crippen LogP contribution in [-0.4, -0.2) is 27.4 Å². The number of fused-ring (bicyclic) bond motifs is 1. The van der Waals surface area contributed by atoms with Gasteiger partial charge in [0, 0.05) is 21.9 Å². The molecule has 0 saturated heterocycles. The van der Waals surface area contributed by atoms with E-state index < -0.39 is 0 Å². The third-order valence-electron chi connectivity index (χ3n) is 3.35. The van der Waals surface area contributed by atoms with Gasteiger partial charge in [-0.05, 0) is 53.6 Å². The molecule has 1 aromatic heterocycles. The largest absolute Gasteiger partial charge is 0.352 e. The van der Waals surface area contributed by atoms with Gasteiger partial charge in [-0.2, -0.15) is 0 Å². The molecular weight excluding hydrogens is 389 g/mol. The Morgan fingerprint density at radius 3 is 3.00 bits per heavy atom. The van der Waals surface area contributed by atoms with Crippen LogP contribution in [-0.2, 0) is 17.8 Å². The van der Waals surface area contributed by atoms with E-state index in [1.165, 1.54) is 0 Å². The highest BCUT2D eigenvalue weighted by Crippen LogP contribution is 2.21. The van der Waals surface area contributed by atoms with Crippen LogP contribution in [0.15, 0.2) is 18.2 Å². The molecule has 0 unspecified atom stereocenters. The quantitative estimate of drug-likeness (QED) is 0.616. The van der Waals surface area contributed by atoms with Crippen molar-refractivity contribution in [1.82, 2.24) is 14.9 Å². The van der Waals surface area contributed by atoms with Crippen molar-refractivity contribution in [2.24, 2.45) is 0 Å². The minimum absolute atomic E-state index is 0.0566. The van der Waals surface area contributed by atoms with Crippen molar-refractivity contribution in [3.05, 3.63) is 27.6 Å². The van der Waals surface area contributed by atoms with E-state index in [0.29, 0.717) is 24.9 Å². The molecule has 2 aromatic rings. The molecular formula is C14H15ClIN3O. The molecule has 0 spiro atoms. The molecule has 0 radical (unpaired) electrons. The number of imidazole rings is 1. The van der Waals surface area contributed by atoms with Crippen molar-refractivity contribution in [3.8, 4) is 0 Å². The Kier molecular flexibility index (Phi) is 4.16. The third-order valence-corrected chi connectivity index (χ3v) is 4.21. The first-order valence-corrected chi connectivity index (χ1v) is 8.28. The van der Waals surface area contributed by atoms with Gasteiger partial charge < -0.3 is 9.88 Å². The summed E-state index contributed by atoms with van der Waals surface area (Å²) in [5, 5.41) is 3.02. The number of aryl methyl sites for hydroxylation is 1. The molecule has 1 heterocycles. The lowest BCUT2D eigenvalue weighted by atomic mass is 10.3. The first-order valence-electron chi connectivity index (χ1n) is 6.67. The zero-order valence-corrected chi connectivity index (χ0v) is 13.8. The first kappa shape index (κ1) is 14.1. The molecule has 1 N–H and O–H groups in total. The smallest absolute Gasteiger partial charge is 0.240 e. The average molecular weight is 404 g/mol. The number of halogens is 2. The second kappa shape index (κ2) is 5.89. The van der Waals surface area contributed by atoms with Gasteiger partial charge in [0.25, 0.3) is 0 Å². The van der Waals surface area contributed by atoms with Gasteiger partial charge in [0.1, 0.15) is 12.4 Å². The van der Waals surface area contributed by atoms with E-state index in [9.17, 15) is 4.79 Å². The first-order chi connectivity index (χ1) is 9.67. The minimum atomic E-state index is 0.0566. The van der Waals surface area contributed by atoms with Crippen molar-refractivity contribution >= 4 is 51.1 Å². The molecule has 0 aliphatic heterocycles. The lowest BCUT2D eigenvalue weighted by molar-refractivity contribution is -0.121. The Hall–Kier alpha value is -0.820. The summed E-state index contributed by atoms with van der Waals surface area (Å²) in [7, 11) is 0. The molecule has 1 fully saturated rings. The number of rotatable bonds is 5. The van der Waals surface area contributed by atoms with Crippen LogP contribution in [0.5, 0.6) is 0 Å². The van der Waals surface area contributed by atoms with Crippen molar-refractivity contribution in [3.63, 3.8) is 0 Å². The van der Waals surface area contributed by atoms with Crippen LogP contribution in [0.2, 0.25) is 0 Å². The molecule has 0 atom stereocenters. The number of benzene rings is 1. The Morgan fingerprint density at radius 2 is 2.30 bits per heavy atom. The summed E-state index contributed by atoms with van der Waals surface area (Å²) in [5.41, 5.74) is 1.92. The Labute approximate surface area is 136 Å². The topological polar surface area (TPSA) is 46.9 Å². The van der Waals surface area contributed by atoms with Crippen molar-refractivity contribution in [1.29, 1.82) is 0 Å². The van der Waals surface area contributed by atoms with Crippen LogP contribution in [0.1, 0.15) is 18.7 Å². The minimum Gasteiger partial charge on any atom is -0.352 e. The van der Waals surface area contributed by atoms with E-state index in [0.717, 1.165) is 33.3 Å². The third kappa shape index (κ3) is 3.09. The van der Waals surface area contributed by atoms with Gasteiger partial charge in [0.05, 0.1) is 11.0 Å². The number of carbonyl (C=O) groups excluding carboxylic acids is 1. The lowest BCUT2D eigenvalue weighted by Crippen LogP contribution is -2.29. The number of aromatic nitrogens is 2. The van der Waals surface area contributed by atoms with E-state index in [4.69, 9.17) is 11.6 Å². The molecule has 106 valence electrons. The van der Waals surface area contributed by atoms with E-state index >= 15 is 0 Å². The van der Waals surface area contributed by atoms with Gasteiger partial charge in [-0.3, -0.25) is 4.79 Å². The van der Waals surface area contributed by atoms with Gasteiger partial charge in [-0.1, -0.05) is 0 Å². The zero-order chi connectivity index (χ0) is 14.1. The van der Waals surface area contributed by atoms with Crippen LogP contribution in [0.25, 0.3) is 11.0 Å². The highest BCUT2D eigenvalue weighted by Gasteiger charge is 2.24. The maximum atomic E-state index is 12.0. The van der Waals surface area contributed by atoms with Gasteiger partial charge in [0.15, 0.2) is 0 Å². The molecule has 1 saturated carbocycles. The standard InChI is InChI=1S/C14H15ClIN3O/c15-6-5-13-18-11-7-9(16)1-4-12(11)19(13)8-14(20)17-10-2-3-10/h1,4,7,10H,2-3,5-6,8H2,(H,17,20). The number of hydrogen-bond donors (Lipinski definition) is 1. The predicted molar refractivity (Wildman–Crippen MR) is 88.0 cm³/mol. The lowest BCUT2D eigenvalue weighted by Gasteiger charge is -2.08.